The van der Waals surface area contributed by atoms with Gasteiger partial charge in [0.15, 0.2) is 0 Å². The lowest BCUT2D eigenvalue weighted by Gasteiger charge is -2.16. The molecule has 3 aromatic carbocycles. The van der Waals surface area contributed by atoms with Crippen LogP contribution in [0.5, 0.6) is 11.5 Å². The van der Waals surface area contributed by atoms with Gasteiger partial charge in [-0.05, 0) is 61.5 Å². The van der Waals surface area contributed by atoms with Crippen LogP contribution >= 0.6 is 0 Å². The maximum absolute atomic E-state index is 13.4. The van der Waals surface area contributed by atoms with E-state index in [-0.39, 0.29) is 24.5 Å². The van der Waals surface area contributed by atoms with Crippen LogP contribution in [0.2, 0.25) is 0 Å². The van der Waals surface area contributed by atoms with E-state index < -0.39 is 6.10 Å². The number of rotatable bonds is 8. The number of ether oxygens (including phenoxy) is 2. The van der Waals surface area contributed by atoms with E-state index in [1.165, 1.54) is 16.8 Å². The van der Waals surface area contributed by atoms with Crippen molar-refractivity contribution in [3.63, 3.8) is 0 Å². The molecular formula is C25H23FN2O4. The minimum Gasteiger partial charge on any atom is -0.494 e. The first-order valence-electron chi connectivity index (χ1n) is 10.3. The Bertz CT molecular complexity index is 1250. The lowest BCUT2D eigenvalue weighted by molar-refractivity contribution is 0.0882. The van der Waals surface area contributed by atoms with Gasteiger partial charge in [0.1, 0.15) is 30.0 Å². The molecule has 0 aliphatic rings. The van der Waals surface area contributed by atoms with E-state index in [0.29, 0.717) is 34.4 Å². The van der Waals surface area contributed by atoms with E-state index in [9.17, 15) is 14.3 Å². The van der Waals surface area contributed by atoms with Crippen LogP contribution < -0.4 is 15.0 Å². The number of aliphatic hydroxyl groups excluding tert-OH is 1. The average molecular weight is 434 g/mol. The Hall–Kier alpha value is -3.71. The molecule has 164 valence electrons. The number of aromatic nitrogens is 2. The summed E-state index contributed by atoms with van der Waals surface area (Å²) in [6, 6.07) is 20.1. The van der Waals surface area contributed by atoms with Crippen molar-refractivity contribution >= 4 is 10.8 Å². The first-order chi connectivity index (χ1) is 15.5. The monoisotopic (exact) mass is 434 g/mol. The van der Waals surface area contributed by atoms with Crippen molar-refractivity contribution in [3.05, 3.63) is 89.0 Å². The lowest BCUT2D eigenvalue weighted by Crippen LogP contribution is -2.32. The molecular weight excluding hydrogens is 411 g/mol. The topological polar surface area (TPSA) is 73.6 Å². The van der Waals surface area contributed by atoms with E-state index in [1.807, 2.05) is 13.0 Å². The minimum absolute atomic E-state index is 0.0131. The molecule has 0 saturated heterocycles. The third-order valence-corrected chi connectivity index (χ3v) is 4.95. The Balaban J connectivity index is 1.56. The summed E-state index contributed by atoms with van der Waals surface area (Å²) < 4.78 is 25.7. The van der Waals surface area contributed by atoms with Crippen molar-refractivity contribution in [3.8, 4) is 22.8 Å². The Kier molecular flexibility index (Phi) is 6.47. The van der Waals surface area contributed by atoms with Crippen molar-refractivity contribution in [1.82, 2.24) is 9.78 Å². The first kappa shape index (κ1) is 21.5. The molecule has 4 rings (SSSR count). The maximum Gasteiger partial charge on any atom is 0.274 e. The SMILES string of the molecule is CCOc1ccc(OCC(O)Cn2nc(-c3ccc(F)cc3)c3ccccc3c2=O)cc1. The molecule has 0 aliphatic heterocycles. The van der Waals surface area contributed by atoms with E-state index in [2.05, 4.69) is 5.10 Å². The molecule has 1 N–H and O–H groups in total. The van der Waals surface area contributed by atoms with E-state index >= 15 is 0 Å². The smallest absolute Gasteiger partial charge is 0.274 e. The van der Waals surface area contributed by atoms with Gasteiger partial charge in [0.05, 0.1) is 24.2 Å². The van der Waals surface area contributed by atoms with Crippen molar-refractivity contribution in [2.75, 3.05) is 13.2 Å². The van der Waals surface area contributed by atoms with Crippen molar-refractivity contribution in [1.29, 1.82) is 0 Å². The van der Waals surface area contributed by atoms with Crippen LogP contribution in [-0.4, -0.2) is 34.2 Å². The quantitative estimate of drug-likeness (QED) is 0.453. The Morgan fingerprint density at radius 2 is 1.56 bits per heavy atom. The highest BCUT2D eigenvalue weighted by molar-refractivity contribution is 5.93. The summed E-state index contributed by atoms with van der Waals surface area (Å²) >= 11 is 0. The Labute approximate surface area is 184 Å². The predicted molar refractivity (Wildman–Crippen MR) is 121 cm³/mol. The number of halogens is 1. The fourth-order valence-corrected chi connectivity index (χ4v) is 3.42. The molecule has 1 heterocycles. The average Bonchev–Trinajstić information content (AvgIpc) is 2.81. The molecule has 4 aromatic rings. The molecule has 0 radical (unpaired) electrons. The number of benzene rings is 3. The fourth-order valence-electron chi connectivity index (χ4n) is 3.42. The van der Waals surface area contributed by atoms with Crippen LogP contribution in [-0.2, 0) is 6.54 Å². The van der Waals surface area contributed by atoms with Gasteiger partial charge in [-0.1, -0.05) is 18.2 Å². The molecule has 0 spiro atoms. The second kappa shape index (κ2) is 9.62. The third kappa shape index (κ3) is 4.78. The van der Waals surface area contributed by atoms with Crippen LogP contribution in [0.15, 0.2) is 77.6 Å². The zero-order valence-corrected chi connectivity index (χ0v) is 17.6. The van der Waals surface area contributed by atoms with E-state index in [0.717, 1.165) is 5.75 Å². The van der Waals surface area contributed by atoms with Gasteiger partial charge in [-0.3, -0.25) is 4.79 Å². The summed E-state index contributed by atoms with van der Waals surface area (Å²) in [5, 5.41) is 16.1. The van der Waals surface area contributed by atoms with Crippen molar-refractivity contribution in [2.45, 2.75) is 19.6 Å². The molecule has 32 heavy (non-hydrogen) atoms. The molecule has 1 aromatic heterocycles. The molecule has 0 bridgehead atoms. The number of fused-ring (bicyclic) bond motifs is 1. The highest BCUT2D eigenvalue weighted by Crippen LogP contribution is 2.25. The largest absolute Gasteiger partial charge is 0.494 e. The standard InChI is InChI=1S/C25H23FN2O4/c1-2-31-20-11-13-21(14-12-20)32-16-19(29)15-28-25(30)23-6-4-3-5-22(23)24(27-28)17-7-9-18(26)10-8-17/h3-14,19,29H,2,15-16H2,1H3. The van der Waals surface area contributed by atoms with E-state index in [4.69, 9.17) is 9.47 Å². The van der Waals surface area contributed by atoms with Gasteiger partial charge in [0.25, 0.3) is 5.56 Å². The summed E-state index contributed by atoms with van der Waals surface area (Å²) in [5.74, 6) is 0.965. The second-order valence-electron chi connectivity index (χ2n) is 7.26. The summed E-state index contributed by atoms with van der Waals surface area (Å²) in [4.78, 5) is 12.9. The first-order valence-corrected chi connectivity index (χ1v) is 10.3. The summed E-state index contributed by atoms with van der Waals surface area (Å²) in [5.41, 5.74) is 0.905. The van der Waals surface area contributed by atoms with Crippen LogP contribution in [0.1, 0.15) is 6.92 Å². The summed E-state index contributed by atoms with van der Waals surface area (Å²) in [7, 11) is 0. The van der Waals surface area contributed by atoms with Gasteiger partial charge >= 0.3 is 0 Å². The van der Waals surface area contributed by atoms with E-state index in [1.54, 1.807) is 54.6 Å². The number of hydrogen-bond acceptors (Lipinski definition) is 5. The van der Waals surface area contributed by atoms with Crippen molar-refractivity contribution in [2.24, 2.45) is 0 Å². The molecule has 0 fully saturated rings. The maximum atomic E-state index is 13.4. The number of hydrogen-bond donors (Lipinski definition) is 1. The van der Waals surface area contributed by atoms with Crippen LogP contribution in [0.3, 0.4) is 0 Å². The van der Waals surface area contributed by atoms with Gasteiger partial charge in [-0.15, -0.1) is 0 Å². The second-order valence-corrected chi connectivity index (χ2v) is 7.26. The normalized spacial score (nSPS) is 12.0. The summed E-state index contributed by atoms with van der Waals surface area (Å²) in [6.07, 6.45) is -0.964. The van der Waals surface area contributed by atoms with Crippen LogP contribution in [0.25, 0.3) is 22.0 Å². The third-order valence-electron chi connectivity index (χ3n) is 4.95. The Morgan fingerprint density at radius 3 is 2.22 bits per heavy atom. The van der Waals surface area contributed by atoms with Crippen molar-refractivity contribution < 1.29 is 19.0 Å². The molecule has 6 nitrogen and oxygen atoms in total. The molecule has 0 saturated carbocycles. The lowest BCUT2D eigenvalue weighted by atomic mass is 10.1. The van der Waals surface area contributed by atoms with Gasteiger partial charge < -0.3 is 14.6 Å². The number of aliphatic hydroxyl groups is 1. The zero-order chi connectivity index (χ0) is 22.5. The van der Waals surface area contributed by atoms with Crippen LogP contribution in [0, 0.1) is 5.82 Å². The Morgan fingerprint density at radius 1 is 0.938 bits per heavy atom. The van der Waals surface area contributed by atoms with Gasteiger partial charge in [0, 0.05) is 10.9 Å². The number of nitrogens with zero attached hydrogens (tertiary/aromatic N) is 2. The predicted octanol–water partition coefficient (Wildman–Crippen LogP) is 4.04. The fraction of sp³-hybridized carbons (Fsp3) is 0.200. The molecule has 0 amide bonds. The molecule has 1 unspecified atom stereocenters. The highest BCUT2D eigenvalue weighted by atomic mass is 19.1. The summed E-state index contributed by atoms with van der Waals surface area (Å²) in [6.45, 7) is 2.42. The van der Waals surface area contributed by atoms with Gasteiger partial charge in [-0.25, -0.2) is 9.07 Å². The van der Waals surface area contributed by atoms with Gasteiger partial charge in [-0.2, -0.15) is 5.10 Å². The van der Waals surface area contributed by atoms with Gasteiger partial charge in [0.2, 0.25) is 0 Å². The molecule has 0 aliphatic carbocycles. The zero-order valence-electron chi connectivity index (χ0n) is 17.6. The highest BCUT2D eigenvalue weighted by Gasteiger charge is 2.15. The molecule has 1 atom stereocenters. The molecule has 7 heteroatoms. The van der Waals surface area contributed by atoms with Crippen LogP contribution in [0.4, 0.5) is 4.39 Å². The minimum atomic E-state index is -0.964.